The van der Waals surface area contributed by atoms with E-state index in [0.717, 1.165) is 38.0 Å². The molecule has 1 aromatic rings. The molecule has 0 saturated carbocycles. The number of anilines is 1. The van der Waals surface area contributed by atoms with Crippen molar-refractivity contribution in [3.05, 3.63) is 11.9 Å². The second-order valence-corrected chi connectivity index (χ2v) is 4.78. The lowest BCUT2D eigenvalue weighted by Gasteiger charge is -2.30. The molecule has 1 fully saturated rings. The summed E-state index contributed by atoms with van der Waals surface area (Å²) in [7, 11) is 1.98. The van der Waals surface area contributed by atoms with E-state index in [1.54, 1.807) is 0 Å². The molecule has 96 valence electrons. The normalized spacial score (nSPS) is 24.9. The van der Waals surface area contributed by atoms with Crippen LogP contribution in [0.15, 0.2) is 6.20 Å². The first-order valence-electron chi connectivity index (χ1n) is 6.63. The zero-order chi connectivity index (χ0) is 12.3. The summed E-state index contributed by atoms with van der Waals surface area (Å²) in [4.78, 5) is 0. The predicted molar refractivity (Wildman–Crippen MR) is 69.3 cm³/mol. The fourth-order valence-corrected chi connectivity index (χ4v) is 2.43. The first-order chi connectivity index (χ1) is 8.22. The van der Waals surface area contributed by atoms with Crippen molar-refractivity contribution >= 4 is 5.69 Å². The quantitative estimate of drug-likeness (QED) is 0.873. The van der Waals surface area contributed by atoms with Gasteiger partial charge < -0.3 is 10.1 Å². The highest BCUT2D eigenvalue weighted by molar-refractivity contribution is 5.47. The van der Waals surface area contributed by atoms with Crippen LogP contribution in [0.25, 0.3) is 0 Å². The average Bonchev–Trinajstić information content (AvgIpc) is 2.69. The minimum absolute atomic E-state index is 0.419. The number of hydrogen-bond acceptors (Lipinski definition) is 3. The van der Waals surface area contributed by atoms with Crippen LogP contribution >= 0.6 is 0 Å². The molecule has 0 aromatic carbocycles. The number of rotatable bonds is 4. The highest BCUT2D eigenvalue weighted by atomic mass is 16.5. The Morgan fingerprint density at radius 3 is 3.06 bits per heavy atom. The van der Waals surface area contributed by atoms with Gasteiger partial charge in [0.1, 0.15) is 0 Å². The molecular formula is C13H23N3O. The summed E-state index contributed by atoms with van der Waals surface area (Å²) in [5.74, 6) is 0. The van der Waals surface area contributed by atoms with Crippen LogP contribution in [0.5, 0.6) is 0 Å². The Morgan fingerprint density at radius 2 is 2.35 bits per heavy atom. The van der Waals surface area contributed by atoms with Crippen molar-refractivity contribution in [2.24, 2.45) is 7.05 Å². The second-order valence-electron chi connectivity index (χ2n) is 4.78. The van der Waals surface area contributed by atoms with Crippen molar-refractivity contribution in [1.82, 2.24) is 9.78 Å². The average molecular weight is 237 g/mol. The minimum Gasteiger partial charge on any atom is -0.379 e. The summed E-state index contributed by atoms with van der Waals surface area (Å²) in [5.41, 5.74) is 2.35. The van der Waals surface area contributed by atoms with E-state index >= 15 is 0 Å². The molecule has 1 saturated heterocycles. The van der Waals surface area contributed by atoms with E-state index in [2.05, 4.69) is 30.5 Å². The number of nitrogens with zero attached hydrogens (tertiary/aromatic N) is 2. The van der Waals surface area contributed by atoms with Crippen LogP contribution in [0.2, 0.25) is 0 Å². The Hall–Kier alpha value is -1.03. The van der Waals surface area contributed by atoms with E-state index in [1.165, 1.54) is 5.69 Å². The van der Waals surface area contributed by atoms with Crippen molar-refractivity contribution in [2.75, 3.05) is 11.9 Å². The second kappa shape index (κ2) is 5.54. The highest BCUT2D eigenvalue weighted by Gasteiger charge is 2.22. The summed E-state index contributed by atoms with van der Waals surface area (Å²) in [6.07, 6.45) is 6.77. The van der Waals surface area contributed by atoms with Crippen LogP contribution in [-0.2, 0) is 18.2 Å². The van der Waals surface area contributed by atoms with Gasteiger partial charge in [-0.2, -0.15) is 5.10 Å². The summed E-state index contributed by atoms with van der Waals surface area (Å²) in [5, 5.41) is 8.08. The van der Waals surface area contributed by atoms with Crippen LogP contribution in [0.1, 0.15) is 38.8 Å². The van der Waals surface area contributed by atoms with E-state index in [-0.39, 0.29) is 0 Å². The maximum Gasteiger partial charge on any atom is 0.0853 e. The molecule has 0 spiro atoms. The first-order valence-corrected chi connectivity index (χ1v) is 6.63. The van der Waals surface area contributed by atoms with E-state index in [4.69, 9.17) is 4.74 Å². The van der Waals surface area contributed by atoms with E-state index in [9.17, 15) is 0 Å². The Labute approximate surface area is 103 Å². The molecule has 1 N–H and O–H groups in total. The highest BCUT2D eigenvalue weighted by Crippen LogP contribution is 2.22. The Balaban J connectivity index is 1.99. The van der Waals surface area contributed by atoms with Gasteiger partial charge in [0.05, 0.1) is 17.5 Å². The molecule has 1 aliphatic heterocycles. The van der Waals surface area contributed by atoms with E-state index in [0.29, 0.717) is 12.1 Å². The van der Waals surface area contributed by atoms with Crippen LogP contribution < -0.4 is 5.32 Å². The van der Waals surface area contributed by atoms with Crippen molar-refractivity contribution in [3.8, 4) is 0 Å². The molecule has 2 atom stereocenters. The zero-order valence-electron chi connectivity index (χ0n) is 11.1. The van der Waals surface area contributed by atoms with Gasteiger partial charge >= 0.3 is 0 Å². The number of aromatic nitrogens is 2. The monoisotopic (exact) mass is 237 g/mol. The Bertz CT molecular complexity index is 362. The number of nitrogens with one attached hydrogen (secondary N) is 1. The first kappa shape index (κ1) is 12.4. The van der Waals surface area contributed by atoms with Gasteiger partial charge in [-0.05, 0) is 25.7 Å². The zero-order valence-corrected chi connectivity index (χ0v) is 11.1. The third kappa shape index (κ3) is 3.00. The van der Waals surface area contributed by atoms with Crippen molar-refractivity contribution in [3.63, 3.8) is 0 Å². The summed E-state index contributed by atoms with van der Waals surface area (Å²) < 4.78 is 7.58. The van der Waals surface area contributed by atoms with Gasteiger partial charge in [0.15, 0.2) is 0 Å². The molecule has 17 heavy (non-hydrogen) atoms. The van der Waals surface area contributed by atoms with Crippen LogP contribution in [0, 0.1) is 0 Å². The molecule has 2 rings (SSSR count). The lowest BCUT2D eigenvalue weighted by molar-refractivity contribution is 0.00924. The molecule has 4 heteroatoms. The molecule has 0 amide bonds. The Morgan fingerprint density at radius 1 is 1.53 bits per heavy atom. The molecular weight excluding hydrogens is 214 g/mol. The van der Waals surface area contributed by atoms with Crippen molar-refractivity contribution in [1.29, 1.82) is 0 Å². The largest absolute Gasteiger partial charge is 0.379 e. The molecule has 1 aliphatic rings. The topological polar surface area (TPSA) is 39.1 Å². The predicted octanol–water partition coefficient (Wildman–Crippen LogP) is 2.35. The molecule has 0 bridgehead atoms. The maximum absolute atomic E-state index is 5.70. The van der Waals surface area contributed by atoms with Gasteiger partial charge in [0.2, 0.25) is 0 Å². The van der Waals surface area contributed by atoms with E-state index < -0.39 is 0 Å². The molecule has 2 unspecified atom stereocenters. The number of aryl methyl sites for hydroxylation is 2. The van der Waals surface area contributed by atoms with Crippen molar-refractivity contribution in [2.45, 2.75) is 51.7 Å². The number of hydrogen-bond donors (Lipinski definition) is 1. The fourth-order valence-electron chi connectivity index (χ4n) is 2.43. The third-order valence-corrected chi connectivity index (χ3v) is 3.42. The third-order valence-electron chi connectivity index (χ3n) is 3.42. The van der Waals surface area contributed by atoms with Gasteiger partial charge in [-0.25, -0.2) is 0 Å². The fraction of sp³-hybridized carbons (Fsp3) is 0.769. The van der Waals surface area contributed by atoms with Crippen molar-refractivity contribution < 1.29 is 4.74 Å². The summed E-state index contributed by atoms with van der Waals surface area (Å²) in [6.45, 7) is 5.21. The lowest BCUT2D eigenvalue weighted by Crippen LogP contribution is -2.33. The van der Waals surface area contributed by atoms with Gasteiger partial charge in [-0.3, -0.25) is 4.68 Å². The number of ether oxygens (including phenoxy) is 1. The molecule has 1 aromatic heterocycles. The Kier molecular flexibility index (Phi) is 4.05. The minimum atomic E-state index is 0.419. The molecule has 0 aliphatic carbocycles. The van der Waals surface area contributed by atoms with Gasteiger partial charge in [-0.1, -0.05) is 13.8 Å². The summed E-state index contributed by atoms with van der Waals surface area (Å²) in [6, 6.07) is 0.531. The molecule has 2 heterocycles. The standard InChI is InChI=1S/C13H23N3O/c1-4-11-8-10(6-7-17-11)14-13-9-16(3)15-12(13)5-2/h9-11,14H,4-8H2,1-3H3. The van der Waals surface area contributed by atoms with Gasteiger partial charge in [0.25, 0.3) is 0 Å². The molecule has 4 nitrogen and oxygen atoms in total. The van der Waals surface area contributed by atoms with Gasteiger partial charge in [0, 0.05) is 25.9 Å². The maximum atomic E-state index is 5.70. The van der Waals surface area contributed by atoms with E-state index in [1.807, 2.05) is 11.7 Å². The van der Waals surface area contributed by atoms with Crippen LogP contribution in [0.4, 0.5) is 5.69 Å². The molecule has 0 radical (unpaired) electrons. The van der Waals surface area contributed by atoms with Crippen LogP contribution in [-0.4, -0.2) is 28.5 Å². The SMILES string of the molecule is CCc1nn(C)cc1NC1CCOC(CC)C1. The lowest BCUT2D eigenvalue weighted by atomic mass is 10.0. The summed E-state index contributed by atoms with van der Waals surface area (Å²) >= 11 is 0. The smallest absolute Gasteiger partial charge is 0.0853 e. The van der Waals surface area contributed by atoms with Gasteiger partial charge in [-0.15, -0.1) is 0 Å². The van der Waals surface area contributed by atoms with Crippen LogP contribution in [0.3, 0.4) is 0 Å².